The van der Waals surface area contributed by atoms with Crippen LogP contribution in [0.25, 0.3) is 0 Å². The third-order valence-electron chi connectivity index (χ3n) is 5.25. The molecule has 6 nitrogen and oxygen atoms in total. The third-order valence-corrected chi connectivity index (χ3v) is 5.25. The molecule has 2 saturated heterocycles. The first kappa shape index (κ1) is 16.3. The van der Waals surface area contributed by atoms with E-state index in [0.717, 1.165) is 45.7 Å². The van der Waals surface area contributed by atoms with Crippen molar-refractivity contribution in [2.45, 2.75) is 24.9 Å². The Balaban J connectivity index is 1.58. The Morgan fingerprint density at radius 2 is 1.96 bits per heavy atom. The lowest BCUT2D eigenvalue weighted by Crippen LogP contribution is -2.51. The Morgan fingerprint density at radius 1 is 1.16 bits per heavy atom. The van der Waals surface area contributed by atoms with Crippen molar-refractivity contribution in [3.63, 3.8) is 0 Å². The maximum absolute atomic E-state index is 12.9. The molecule has 2 fully saturated rings. The number of hydrogen-bond acceptors (Lipinski definition) is 5. The number of morpholine rings is 1. The van der Waals surface area contributed by atoms with Gasteiger partial charge in [-0.1, -0.05) is 0 Å². The van der Waals surface area contributed by atoms with Crippen molar-refractivity contribution in [3.8, 4) is 0 Å². The van der Waals surface area contributed by atoms with E-state index in [9.17, 15) is 4.79 Å². The summed E-state index contributed by atoms with van der Waals surface area (Å²) in [5.41, 5.74) is 1.84. The smallest absolute Gasteiger partial charge is 0.257 e. The number of amides is 1. The molecule has 0 unspecified atom stereocenters. The van der Waals surface area contributed by atoms with Crippen LogP contribution in [-0.2, 0) is 11.2 Å². The highest BCUT2D eigenvalue weighted by Gasteiger charge is 2.40. The van der Waals surface area contributed by atoms with Crippen LogP contribution in [0.2, 0.25) is 0 Å². The summed E-state index contributed by atoms with van der Waals surface area (Å²) in [5, 5.41) is 0. The number of aromatic nitrogens is 1. The number of nitrogens with zero attached hydrogens (tertiary/aromatic N) is 3. The van der Waals surface area contributed by atoms with Crippen molar-refractivity contribution in [3.05, 3.63) is 54.2 Å². The normalized spacial score (nSPS) is 24.6. The van der Waals surface area contributed by atoms with Gasteiger partial charge in [-0.2, -0.15) is 0 Å². The SMILES string of the molecule is O=C(c1ccoc1)N1CC[C@@H](N2CCOCC2)[C@@H]1Cc1ccncc1. The third kappa shape index (κ3) is 3.45. The molecule has 0 radical (unpaired) electrons. The lowest BCUT2D eigenvalue weighted by molar-refractivity contribution is 0.00864. The van der Waals surface area contributed by atoms with Crippen LogP contribution < -0.4 is 0 Å². The van der Waals surface area contributed by atoms with Crippen LogP contribution in [0.4, 0.5) is 0 Å². The average Bonchev–Trinajstić information content (AvgIpc) is 3.33. The summed E-state index contributed by atoms with van der Waals surface area (Å²) in [6.45, 7) is 4.20. The molecular formula is C19H23N3O3. The zero-order valence-corrected chi connectivity index (χ0v) is 14.2. The van der Waals surface area contributed by atoms with Crippen molar-refractivity contribution in [2.24, 2.45) is 0 Å². The fourth-order valence-corrected chi connectivity index (χ4v) is 3.98. The Kier molecular flexibility index (Phi) is 4.81. The highest BCUT2D eigenvalue weighted by molar-refractivity contribution is 5.94. The number of likely N-dealkylation sites (tertiary alicyclic amines) is 1. The minimum Gasteiger partial charge on any atom is -0.472 e. The van der Waals surface area contributed by atoms with Crippen molar-refractivity contribution < 1.29 is 13.9 Å². The standard InChI is InChI=1S/C19H23N3O3/c23-19(16-4-10-25-14-16)22-7-3-17(21-8-11-24-12-9-21)18(22)13-15-1-5-20-6-2-15/h1-2,4-6,10,14,17-18H,3,7-9,11-13H2/t17-,18+/m1/s1. The van der Waals surface area contributed by atoms with E-state index in [2.05, 4.69) is 9.88 Å². The van der Waals surface area contributed by atoms with E-state index in [1.165, 1.54) is 11.8 Å². The van der Waals surface area contributed by atoms with Crippen LogP contribution in [0.5, 0.6) is 0 Å². The van der Waals surface area contributed by atoms with E-state index < -0.39 is 0 Å². The lowest BCUT2D eigenvalue weighted by Gasteiger charge is -2.37. The van der Waals surface area contributed by atoms with Gasteiger partial charge < -0.3 is 14.1 Å². The highest BCUT2D eigenvalue weighted by Crippen LogP contribution is 2.28. The summed E-state index contributed by atoms with van der Waals surface area (Å²) in [7, 11) is 0. The first-order valence-electron chi connectivity index (χ1n) is 8.87. The summed E-state index contributed by atoms with van der Waals surface area (Å²) >= 11 is 0. The Hall–Kier alpha value is -2.18. The van der Waals surface area contributed by atoms with Crippen molar-refractivity contribution in [1.29, 1.82) is 0 Å². The zero-order chi connectivity index (χ0) is 17.1. The van der Waals surface area contributed by atoms with Crippen molar-refractivity contribution in [1.82, 2.24) is 14.8 Å². The number of pyridine rings is 1. The molecule has 0 bridgehead atoms. The molecule has 2 aliphatic rings. The van der Waals surface area contributed by atoms with Gasteiger partial charge in [-0.25, -0.2) is 0 Å². The number of furan rings is 1. The number of carbonyl (C=O) groups is 1. The van der Waals surface area contributed by atoms with E-state index in [1.54, 1.807) is 12.3 Å². The molecule has 0 spiro atoms. The number of hydrogen-bond donors (Lipinski definition) is 0. The predicted octanol–water partition coefficient (Wildman–Crippen LogP) is 1.83. The maximum atomic E-state index is 12.9. The largest absolute Gasteiger partial charge is 0.472 e. The molecule has 4 rings (SSSR count). The molecule has 6 heteroatoms. The fourth-order valence-electron chi connectivity index (χ4n) is 3.98. The van der Waals surface area contributed by atoms with Crippen LogP contribution in [0.15, 0.2) is 47.5 Å². The second kappa shape index (κ2) is 7.37. The Bertz CT molecular complexity index is 683. The number of carbonyl (C=O) groups excluding carboxylic acids is 1. The summed E-state index contributed by atoms with van der Waals surface area (Å²) in [5.74, 6) is 0.0589. The molecule has 2 aromatic rings. The topological polar surface area (TPSA) is 58.8 Å². The number of rotatable bonds is 4. The maximum Gasteiger partial charge on any atom is 0.257 e. The molecule has 2 aromatic heterocycles. The monoisotopic (exact) mass is 341 g/mol. The van der Waals surface area contributed by atoms with Crippen molar-refractivity contribution in [2.75, 3.05) is 32.8 Å². The fraction of sp³-hybridized carbons (Fsp3) is 0.474. The van der Waals surface area contributed by atoms with Gasteiger partial charge in [0.05, 0.1) is 31.1 Å². The minimum absolute atomic E-state index is 0.0589. The minimum atomic E-state index is 0.0589. The van der Waals surface area contributed by atoms with Gasteiger partial charge in [0.25, 0.3) is 5.91 Å². The van der Waals surface area contributed by atoms with Gasteiger partial charge in [0.1, 0.15) is 6.26 Å². The van der Waals surface area contributed by atoms with Gasteiger partial charge in [-0.3, -0.25) is 14.7 Å². The molecular weight excluding hydrogens is 318 g/mol. The summed E-state index contributed by atoms with van der Waals surface area (Å²) in [4.78, 5) is 21.6. The Morgan fingerprint density at radius 3 is 2.68 bits per heavy atom. The van der Waals surface area contributed by atoms with Gasteiger partial charge in [0.15, 0.2) is 0 Å². The molecule has 2 atom stereocenters. The first-order valence-corrected chi connectivity index (χ1v) is 8.87. The number of ether oxygens (including phenoxy) is 1. The van der Waals surface area contributed by atoms with Crippen LogP contribution >= 0.6 is 0 Å². The van der Waals surface area contributed by atoms with E-state index in [4.69, 9.17) is 9.15 Å². The van der Waals surface area contributed by atoms with Crippen LogP contribution in [0.1, 0.15) is 22.3 Å². The molecule has 0 N–H and O–H groups in total. The summed E-state index contributed by atoms with van der Waals surface area (Å²) in [6.07, 6.45) is 8.56. The van der Waals surface area contributed by atoms with Gasteiger partial charge in [-0.15, -0.1) is 0 Å². The Labute approximate surface area is 147 Å². The van der Waals surface area contributed by atoms with E-state index in [0.29, 0.717) is 11.6 Å². The molecule has 0 aliphatic carbocycles. The zero-order valence-electron chi connectivity index (χ0n) is 14.2. The van der Waals surface area contributed by atoms with E-state index >= 15 is 0 Å². The molecule has 0 saturated carbocycles. The molecule has 0 aromatic carbocycles. The summed E-state index contributed by atoms with van der Waals surface area (Å²) < 4.78 is 10.6. The summed E-state index contributed by atoms with van der Waals surface area (Å²) in [6, 6.07) is 6.34. The average molecular weight is 341 g/mol. The highest BCUT2D eigenvalue weighted by atomic mass is 16.5. The van der Waals surface area contributed by atoms with Gasteiger partial charge >= 0.3 is 0 Å². The van der Waals surface area contributed by atoms with Crippen molar-refractivity contribution >= 4 is 5.91 Å². The lowest BCUT2D eigenvalue weighted by atomic mass is 9.99. The molecule has 1 amide bonds. The van der Waals surface area contributed by atoms with Crippen LogP contribution in [-0.4, -0.2) is 65.6 Å². The van der Waals surface area contributed by atoms with Crippen LogP contribution in [0.3, 0.4) is 0 Å². The molecule has 25 heavy (non-hydrogen) atoms. The molecule has 4 heterocycles. The molecule has 2 aliphatic heterocycles. The van der Waals surface area contributed by atoms with Crippen LogP contribution in [0, 0.1) is 0 Å². The van der Waals surface area contributed by atoms with E-state index in [-0.39, 0.29) is 11.9 Å². The first-order chi connectivity index (χ1) is 12.3. The molecule has 132 valence electrons. The van der Waals surface area contributed by atoms with Gasteiger partial charge in [0, 0.05) is 38.1 Å². The predicted molar refractivity (Wildman–Crippen MR) is 92.3 cm³/mol. The second-order valence-electron chi connectivity index (χ2n) is 6.64. The second-order valence-corrected chi connectivity index (χ2v) is 6.64. The van der Waals surface area contributed by atoms with E-state index in [1.807, 2.05) is 29.4 Å². The quantitative estimate of drug-likeness (QED) is 0.849. The van der Waals surface area contributed by atoms with Gasteiger partial charge in [-0.05, 0) is 36.6 Å². The van der Waals surface area contributed by atoms with Gasteiger partial charge in [0.2, 0.25) is 0 Å².